The summed E-state index contributed by atoms with van der Waals surface area (Å²) in [4.78, 5) is 12.3. The van der Waals surface area contributed by atoms with Gasteiger partial charge in [-0.15, -0.1) is 11.8 Å². The Bertz CT molecular complexity index is 547. The van der Waals surface area contributed by atoms with Gasteiger partial charge in [-0.1, -0.05) is 12.1 Å². The molecule has 2 rings (SSSR count). The highest BCUT2D eigenvalue weighted by Crippen LogP contribution is 2.31. The quantitative estimate of drug-likeness (QED) is 0.600. The first kappa shape index (κ1) is 12.7. The second kappa shape index (κ2) is 5.74. The van der Waals surface area contributed by atoms with Crippen LogP contribution in [0.2, 0.25) is 0 Å². The Morgan fingerprint density at radius 1 is 1.06 bits per heavy atom. The van der Waals surface area contributed by atoms with Gasteiger partial charge in [-0.2, -0.15) is 0 Å². The van der Waals surface area contributed by atoms with Crippen molar-refractivity contribution in [3.63, 3.8) is 0 Å². The maximum atomic E-state index is 11.2. The van der Waals surface area contributed by atoms with Crippen molar-refractivity contribution in [3.8, 4) is 11.5 Å². The van der Waals surface area contributed by atoms with E-state index in [4.69, 9.17) is 4.74 Å². The maximum absolute atomic E-state index is 11.2. The molecule has 18 heavy (non-hydrogen) atoms. The molecule has 0 aromatic heterocycles. The third kappa shape index (κ3) is 2.93. The molecule has 92 valence electrons. The van der Waals surface area contributed by atoms with Crippen molar-refractivity contribution >= 4 is 17.5 Å². The average Bonchev–Trinajstić information content (AvgIpc) is 2.40. The van der Waals surface area contributed by atoms with Crippen LogP contribution in [0.5, 0.6) is 11.5 Å². The van der Waals surface area contributed by atoms with Gasteiger partial charge in [-0.25, -0.2) is 0 Å². The van der Waals surface area contributed by atoms with Gasteiger partial charge in [0, 0.05) is 10.5 Å². The van der Waals surface area contributed by atoms with Crippen LogP contribution in [0.15, 0.2) is 53.4 Å². The van der Waals surface area contributed by atoms with Crippen molar-refractivity contribution in [3.05, 3.63) is 54.1 Å². The van der Waals surface area contributed by atoms with Crippen LogP contribution in [0.25, 0.3) is 0 Å². The van der Waals surface area contributed by atoms with Gasteiger partial charge in [0.05, 0.1) is 0 Å². The summed E-state index contributed by atoms with van der Waals surface area (Å²) in [5, 5.41) is 0. The number of rotatable bonds is 4. The zero-order valence-corrected chi connectivity index (χ0v) is 11.2. The molecule has 0 saturated heterocycles. The van der Waals surface area contributed by atoms with E-state index in [1.807, 2.05) is 42.7 Å². The molecular formula is C15H14O2S. The van der Waals surface area contributed by atoms with Gasteiger partial charge >= 0.3 is 0 Å². The smallest absolute Gasteiger partial charge is 0.159 e. The second-order valence-corrected chi connectivity index (χ2v) is 4.68. The first-order chi connectivity index (χ1) is 8.70. The van der Waals surface area contributed by atoms with Crippen molar-refractivity contribution in [2.24, 2.45) is 0 Å². The first-order valence-corrected chi connectivity index (χ1v) is 6.85. The highest BCUT2D eigenvalue weighted by atomic mass is 32.2. The molecule has 0 unspecified atom stereocenters. The molecule has 0 radical (unpaired) electrons. The number of ketones is 1. The van der Waals surface area contributed by atoms with Gasteiger partial charge in [-0.05, 0) is 49.6 Å². The number of hydrogen-bond donors (Lipinski definition) is 0. The van der Waals surface area contributed by atoms with Gasteiger partial charge < -0.3 is 4.74 Å². The minimum Gasteiger partial charge on any atom is -0.456 e. The van der Waals surface area contributed by atoms with E-state index in [9.17, 15) is 4.79 Å². The van der Waals surface area contributed by atoms with Crippen LogP contribution in [-0.4, -0.2) is 12.0 Å². The minimum absolute atomic E-state index is 0.0612. The van der Waals surface area contributed by atoms with Crippen molar-refractivity contribution < 1.29 is 9.53 Å². The van der Waals surface area contributed by atoms with E-state index >= 15 is 0 Å². The molecule has 0 N–H and O–H groups in total. The van der Waals surface area contributed by atoms with Gasteiger partial charge in [0.2, 0.25) is 0 Å². The van der Waals surface area contributed by atoms with Crippen LogP contribution in [0.1, 0.15) is 17.3 Å². The molecule has 0 heterocycles. The predicted octanol–water partition coefficient (Wildman–Crippen LogP) is 4.40. The van der Waals surface area contributed by atoms with Gasteiger partial charge in [0.1, 0.15) is 11.5 Å². The molecule has 0 atom stereocenters. The van der Waals surface area contributed by atoms with Gasteiger partial charge in [-0.3, -0.25) is 4.79 Å². The fourth-order valence-corrected chi connectivity index (χ4v) is 2.11. The molecule has 0 fully saturated rings. The SMILES string of the molecule is CSc1ccccc1Oc1ccc(C(C)=O)cc1. The fourth-order valence-electron chi connectivity index (χ4n) is 1.59. The third-order valence-electron chi connectivity index (χ3n) is 2.56. The molecule has 0 aliphatic carbocycles. The van der Waals surface area contributed by atoms with E-state index in [-0.39, 0.29) is 5.78 Å². The molecule has 3 heteroatoms. The lowest BCUT2D eigenvalue weighted by Gasteiger charge is -2.09. The van der Waals surface area contributed by atoms with Crippen LogP contribution in [0.4, 0.5) is 0 Å². The Morgan fingerprint density at radius 3 is 2.33 bits per heavy atom. The number of thioether (sulfide) groups is 1. The standard InChI is InChI=1S/C15H14O2S/c1-11(16)12-7-9-13(10-8-12)17-14-5-3-4-6-15(14)18-2/h3-10H,1-2H3. The molecule has 0 amide bonds. The Labute approximate surface area is 111 Å². The first-order valence-electron chi connectivity index (χ1n) is 5.62. The highest BCUT2D eigenvalue weighted by Gasteiger charge is 2.04. The lowest BCUT2D eigenvalue weighted by atomic mass is 10.1. The molecule has 2 aromatic rings. The third-order valence-corrected chi connectivity index (χ3v) is 3.33. The summed E-state index contributed by atoms with van der Waals surface area (Å²) in [6.07, 6.45) is 2.01. The lowest BCUT2D eigenvalue weighted by molar-refractivity contribution is 0.101. The van der Waals surface area contributed by atoms with Crippen molar-refractivity contribution in [1.82, 2.24) is 0 Å². The summed E-state index contributed by atoms with van der Waals surface area (Å²) in [6.45, 7) is 1.55. The fraction of sp³-hybridized carbons (Fsp3) is 0.133. The van der Waals surface area contributed by atoms with E-state index in [1.165, 1.54) is 0 Å². The Kier molecular flexibility index (Phi) is 4.05. The summed E-state index contributed by atoms with van der Waals surface area (Å²) in [5.74, 6) is 1.63. The molecule has 0 bridgehead atoms. The van der Waals surface area contributed by atoms with Crippen LogP contribution >= 0.6 is 11.8 Å². The zero-order valence-electron chi connectivity index (χ0n) is 10.3. The van der Waals surface area contributed by atoms with Crippen molar-refractivity contribution in [1.29, 1.82) is 0 Å². The molecular weight excluding hydrogens is 244 g/mol. The topological polar surface area (TPSA) is 26.3 Å². The number of para-hydroxylation sites is 1. The number of carbonyl (C=O) groups excluding carboxylic acids is 1. The average molecular weight is 258 g/mol. The number of carbonyl (C=O) groups is 1. The van der Waals surface area contributed by atoms with Crippen molar-refractivity contribution in [2.75, 3.05) is 6.26 Å². The largest absolute Gasteiger partial charge is 0.456 e. The summed E-state index contributed by atoms with van der Waals surface area (Å²) >= 11 is 1.64. The Hall–Kier alpha value is -1.74. The summed E-state index contributed by atoms with van der Waals surface area (Å²) in [7, 11) is 0. The molecule has 0 spiro atoms. The van der Waals surface area contributed by atoms with E-state index in [0.717, 1.165) is 16.4 Å². The Balaban J connectivity index is 2.21. The van der Waals surface area contributed by atoms with Crippen molar-refractivity contribution in [2.45, 2.75) is 11.8 Å². The monoisotopic (exact) mass is 258 g/mol. The Morgan fingerprint density at radius 2 is 1.72 bits per heavy atom. The van der Waals surface area contributed by atoms with Crippen LogP contribution < -0.4 is 4.74 Å². The molecule has 0 saturated carbocycles. The number of Topliss-reactive ketones (excluding diaryl/α,β-unsaturated/α-hetero) is 1. The second-order valence-electron chi connectivity index (χ2n) is 3.83. The van der Waals surface area contributed by atoms with Gasteiger partial charge in [0.15, 0.2) is 5.78 Å². The van der Waals surface area contributed by atoms with Crippen LogP contribution in [-0.2, 0) is 0 Å². The molecule has 0 aliphatic heterocycles. The number of hydrogen-bond acceptors (Lipinski definition) is 3. The van der Waals surface area contributed by atoms with E-state index in [1.54, 1.807) is 30.8 Å². The van der Waals surface area contributed by atoms with Gasteiger partial charge in [0.25, 0.3) is 0 Å². The van der Waals surface area contributed by atoms with E-state index < -0.39 is 0 Å². The zero-order chi connectivity index (χ0) is 13.0. The highest BCUT2D eigenvalue weighted by molar-refractivity contribution is 7.98. The van der Waals surface area contributed by atoms with Crippen LogP contribution in [0.3, 0.4) is 0 Å². The predicted molar refractivity (Wildman–Crippen MR) is 74.7 cm³/mol. The normalized spacial score (nSPS) is 10.1. The minimum atomic E-state index is 0.0612. The summed E-state index contributed by atoms with van der Waals surface area (Å²) < 4.78 is 5.80. The molecule has 2 aromatic carbocycles. The van der Waals surface area contributed by atoms with Crippen LogP contribution in [0, 0.1) is 0 Å². The van der Waals surface area contributed by atoms with E-state index in [2.05, 4.69) is 0 Å². The maximum Gasteiger partial charge on any atom is 0.159 e. The molecule has 0 aliphatic rings. The summed E-state index contributed by atoms with van der Waals surface area (Å²) in [6, 6.07) is 15.1. The molecule has 2 nitrogen and oxygen atoms in total. The number of ether oxygens (including phenoxy) is 1. The van der Waals surface area contributed by atoms with E-state index in [0.29, 0.717) is 5.56 Å². The summed E-state index contributed by atoms with van der Waals surface area (Å²) in [5.41, 5.74) is 0.695. The number of benzene rings is 2. The lowest BCUT2D eigenvalue weighted by Crippen LogP contribution is -1.92.